The topological polar surface area (TPSA) is 78.4 Å². The Labute approximate surface area is 160 Å². The van der Waals surface area contributed by atoms with E-state index in [2.05, 4.69) is 31.2 Å². The summed E-state index contributed by atoms with van der Waals surface area (Å²) in [5.41, 5.74) is 1.64. The number of rotatable bonds is 4. The molecule has 2 aromatic rings. The van der Waals surface area contributed by atoms with E-state index in [9.17, 15) is 9.59 Å². The van der Waals surface area contributed by atoms with E-state index in [0.717, 1.165) is 10.0 Å². The van der Waals surface area contributed by atoms with E-state index >= 15 is 0 Å². The van der Waals surface area contributed by atoms with Gasteiger partial charge in [0.15, 0.2) is 0 Å². The zero-order chi connectivity index (χ0) is 18.5. The van der Waals surface area contributed by atoms with Crippen molar-refractivity contribution < 1.29 is 9.59 Å². The zero-order valence-corrected chi connectivity index (χ0v) is 16.1. The molecule has 26 heavy (non-hydrogen) atoms. The number of aryl methyl sites for hydroxylation is 1. The van der Waals surface area contributed by atoms with Crippen LogP contribution in [0.25, 0.3) is 0 Å². The first kappa shape index (κ1) is 18.3. The number of carbonyl (C=O) groups excluding carboxylic acids is 2. The van der Waals surface area contributed by atoms with E-state index in [-0.39, 0.29) is 18.4 Å². The Balaban J connectivity index is 1.47. The molecule has 0 radical (unpaired) electrons. The largest absolute Gasteiger partial charge is 0.343 e. The fourth-order valence-electron chi connectivity index (χ4n) is 2.70. The number of hydrogen-bond donors (Lipinski definition) is 1. The van der Waals surface area contributed by atoms with E-state index in [4.69, 9.17) is 0 Å². The Kier molecular flexibility index (Phi) is 5.82. The van der Waals surface area contributed by atoms with Crippen molar-refractivity contribution in [3.05, 3.63) is 52.3 Å². The van der Waals surface area contributed by atoms with Gasteiger partial charge in [-0.3, -0.25) is 9.59 Å². The quantitative estimate of drug-likeness (QED) is 0.817. The molecule has 1 aromatic carbocycles. The van der Waals surface area contributed by atoms with Crippen molar-refractivity contribution >= 4 is 33.7 Å². The Morgan fingerprint density at radius 2 is 1.69 bits per heavy atom. The number of benzene rings is 1. The highest BCUT2D eigenvalue weighted by Gasteiger charge is 2.22. The lowest BCUT2D eigenvalue weighted by Gasteiger charge is -2.34. The Morgan fingerprint density at radius 1 is 1.08 bits per heavy atom. The van der Waals surface area contributed by atoms with Gasteiger partial charge in [0.05, 0.1) is 11.0 Å². The molecule has 0 saturated carbocycles. The molecule has 3 rings (SSSR count). The molecular weight excluding hydrogens is 398 g/mol. The maximum absolute atomic E-state index is 12.3. The third kappa shape index (κ3) is 4.57. The molecule has 136 valence electrons. The summed E-state index contributed by atoms with van der Waals surface area (Å²) < 4.78 is 0.833. The highest BCUT2D eigenvalue weighted by molar-refractivity contribution is 9.10. The van der Waals surface area contributed by atoms with Crippen LogP contribution >= 0.6 is 15.9 Å². The molecule has 1 fully saturated rings. The normalized spacial score (nSPS) is 14.2. The molecule has 1 aliphatic heterocycles. The van der Waals surface area contributed by atoms with Crippen LogP contribution < -0.4 is 10.2 Å². The summed E-state index contributed by atoms with van der Waals surface area (Å²) >= 11 is 3.32. The van der Waals surface area contributed by atoms with Crippen LogP contribution in [0.2, 0.25) is 0 Å². The second kappa shape index (κ2) is 8.27. The second-order valence-corrected chi connectivity index (χ2v) is 7.03. The highest BCUT2D eigenvalue weighted by atomic mass is 79.9. The second-order valence-electron chi connectivity index (χ2n) is 6.12. The van der Waals surface area contributed by atoms with Crippen LogP contribution in [-0.2, 0) is 4.79 Å². The number of nitrogens with one attached hydrogen (secondary N) is 1. The number of halogens is 1. The molecule has 2 amide bonds. The minimum atomic E-state index is -0.236. The third-order valence-electron chi connectivity index (χ3n) is 4.24. The monoisotopic (exact) mass is 417 g/mol. The highest BCUT2D eigenvalue weighted by Crippen LogP contribution is 2.13. The predicted molar refractivity (Wildman–Crippen MR) is 102 cm³/mol. The zero-order valence-electron chi connectivity index (χ0n) is 14.5. The SMILES string of the molecule is Cc1ccc(C(=O)NCC(=O)N2CCN(c3ncc(Br)cn3)CC2)cc1. The summed E-state index contributed by atoms with van der Waals surface area (Å²) in [5, 5.41) is 2.69. The summed E-state index contributed by atoms with van der Waals surface area (Å²) in [6.45, 7) is 4.46. The van der Waals surface area contributed by atoms with Gasteiger partial charge in [-0.25, -0.2) is 9.97 Å². The molecule has 0 spiro atoms. The van der Waals surface area contributed by atoms with Crippen molar-refractivity contribution in [3.63, 3.8) is 0 Å². The van der Waals surface area contributed by atoms with E-state index in [1.54, 1.807) is 29.4 Å². The van der Waals surface area contributed by atoms with Gasteiger partial charge < -0.3 is 15.1 Å². The lowest BCUT2D eigenvalue weighted by atomic mass is 10.1. The fourth-order valence-corrected chi connectivity index (χ4v) is 2.90. The van der Waals surface area contributed by atoms with Gasteiger partial charge in [-0.2, -0.15) is 0 Å². The van der Waals surface area contributed by atoms with Crippen molar-refractivity contribution in [1.82, 2.24) is 20.2 Å². The summed E-state index contributed by atoms with van der Waals surface area (Å²) in [6.07, 6.45) is 3.42. The number of hydrogen-bond acceptors (Lipinski definition) is 5. The molecule has 0 aliphatic carbocycles. The van der Waals surface area contributed by atoms with Gasteiger partial charge in [0, 0.05) is 44.1 Å². The molecule has 1 saturated heterocycles. The summed E-state index contributed by atoms with van der Waals surface area (Å²) in [6, 6.07) is 7.26. The first-order valence-corrected chi connectivity index (χ1v) is 9.17. The van der Waals surface area contributed by atoms with Gasteiger partial charge in [-0.1, -0.05) is 17.7 Å². The van der Waals surface area contributed by atoms with Crippen LogP contribution in [0.3, 0.4) is 0 Å². The van der Waals surface area contributed by atoms with Crippen LogP contribution in [0, 0.1) is 6.92 Å². The van der Waals surface area contributed by atoms with Crippen molar-refractivity contribution in [2.24, 2.45) is 0 Å². The van der Waals surface area contributed by atoms with Crippen molar-refractivity contribution in [3.8, 4) is 0 Å². The molecule has 1 aliphatic rings. The lowest BCUT2D eigenvalue weighted by Crippen LogP contribution is -2.51. The van der Waals surface area contributed by atoms with Gasteiger partial charge in [0.1, 0.15) is 0 Å². The van der Waals surface area contributed by atoms with Gasteiger partial charge in [0.25, 0.3) is 5.91 Å². The molecule has 0 atom stereocenters. The number of anilines is 1. The number of piperazine rings is 1. The van der Waals surface area contributed by atoms with Crippen molar-refractivity contribution in [2.75, 3.05) is 37.6 Å². The number of aromatic nitrogens is 2. The van der Waals surface area contributed by atoms with E-state index in [1.807, 2.05) is 24.0 Å². The molecule has 8 heteroatoms. The summed E-state index contributed by atoms with van der Waals surface area (Å²) in [5.74, 6) is 0.343. The smallest absolute Gasteiger partial charge is 0.251 e. The number of nitrogens with zero attached hydrogens (tertiary/aromatic N) is 4. The molecule has 0 unspecified atom stereocenters. The minimum Gasteiger partial charge on any atom is -0.343 e. The van der Waals surface area contributed by atoms with E-state index in [1.165, 1.54) is 0 Å². The lowest BCUT2D eigenvalue weighted by molar-refractivity contribution is -0.130. The first-order valence-electron chi connectivity index (χ1n) is 8.38. The van der Waals surface area contributed by atoms with E-state index < -0.39 is 0 Å². The molecular formula is C18H20BrN5O2. The fraction of sp³-hybridized carbons (Fsp3) is 0.333. The summed E-state index contributed by atoms with van der Waals surface area (Å²) in [7, 11) is 0. The van der Waals surface area contributed by atoms with Crippen LogP contribution in [0.1, 0.15) is 15.9 Å². The standard InChI is InChI=1S/C18H20BrN5O2/c1-13-2-4-14(5-3-13)17(26)20-12-16(25)23-6-8-24(9-7-23)18-21-10-15(19)11-22-18/h2-5,10-11H,6-9,12H2,1H3,(H,20,26). The van der Waals surface area contributed by atoms with Crippen LogP contribution in [0.15, 0.2) is 41.1 Å². The maximum Gasteiger partial charge on any atom is 0.251 e. The Hall–Kier alpha value is -2.48. The van der Waals surface area contributed by atoms with Crippen LogP contribution in [0.4, 0.5) is 5.95 Å². The molecule has 0 bridgehead atoms. The average Bonchev–Trinajstić information content (AvgIpc) is 2.67. The maximum atomic E-state index is 12.3. The van der Waals surface area contributed by atoms with Gasteiger partial charge in [0.2, 0.25) is 11.9 Å². The Morgan fingerprint density at radius 3 is 2.31 bits per heavy atom. The Bertz CT molecular complexity index is 771. The molecule has 2 heterocycles. The van der Waals surface area contributed by atoms with Gasteiger partial charge in [-0.05, 0) is 35.0 Å². The van der Waals surface area contributed by atoms with Crippen LogP contribution in [0.5, 0.6) is 0 Å². The van der Waals surface area contributed by atoms with Crippen molar-refractivity contribution in [2.45, 2.75) is 6.92 Å². The van der Waals surface area contributed by atoms with Crippen LogP contribution in [-0.4, -0.2) is 59.4 Å². The van der Waals surface area contributed by atoms with Gasteiger partial charge >= 0.3 is 0 Å². The average molecular weight is 418 g/mol. The predicted octanol–water partition coefficient (Wildman–Crippen LogP) is 1.63. The molecule has 7 nitrogen and oxygen atoms in total. The number of carbonyl (C=O) groups is 2. The molecule has 1 aromatic heterocycles. The first-order chi connectivity index (χ1) is 12.5. The third-order valence-corrected chi connectivity index (χ3v) is 4.65. The number of amides is 2. The minimum absolute atomic E-state index is 0.00148. The van der Waals surface area contributed by atoms with Gasteiger partial charge in [-0.15, -0.1) is 0 Å². The molecule has 1 N–H and O–H groups in total. The summed E-state index contributed by atoms with van der Waals surface area (Å²) in [4.78, 5) is 36.8. The van der Waals surface area contributed by atoms with Crippen molar-refractivity contribution in [1.29, 1.82) is 0 Å². The van der Waals surface area contributed by atoms with E-state index in [0.29, 0.717) is 37.7 Å².